The van der Waals surface area contributed by atoms with Crippen LogP contribution in [-0.4, -0.2) is 33.6 Å². The Labute approximate surface area is 153 Å². The van der Waals surface area contributed by atoms with Crippen molar-refractivity contribution in [3.8, 4) is 11.3 Å². The summed E-state index contributed by atoms with van der Waals surface area (Å²) in [6.07, 6.45) is 5.68. The van der Waals surface area contributed by atoms with Crippen molar-refractivity contribution in [3.63, 3.8) is 0 Å². The van der Waals surface area contributed by atoms with Crippen LogP contribution in [0.15, 0.2) is 18.2 Å². The van der Waals surface area contributed by atoms with Gasteiger partial charge in [-0.15, -0.1) is 0 Å². The first-order valence-corrected chi connectivity index (χ1v) is 9.61. The maximum Gasteiger partial charge on any atom is 0.307 e. The van der Waals surface area contributed by atoms with Crippen molar-refractivity contribution < 1.29 is 9.90 Å². The van der Waals surface area contributed by atoms with Crippen LogP contribution in [0.1, 0.15) is 42.1 Å². The monoisotopic (exact) mass is 349 g/mol. The van der Waals surface area contributed by atoms with E-state index in [0.717, 1.165) is 43.0 Å². The molecule has 1 aliphatic heterocycles. The van der Waals surface area contributed by atoms with Gasteiger partial charge >= 0.3 is 5.97 Å². The summed E-state index contributed by atoms with van der Waals surface area (Å²) in [6.45, 7) is 3.26. The van der Waals surface area contributed by atoms with Crippen LogP contribution in [0.2, 0.25) is 0 Å². The van der Waals surface area contributed by atoms with Crippen molar-refractivity contribution in [1.82, 2.24) is 9.97 Å². The van der Waals surface area contributed by atoms with Gasteiger partial charge in [-0.1, -0.05) is 12.1 Å². The fraction of sp³-hybridized carbons (Fsp3) is 0.476. The lowest BCUT2D eigenvalue weighted by molar-refractivity contribution is -0.141. The van der Waals surface area contributed by atoms with Gasteiger partial charge in [0.25, 0.3) is 0 Å². The van der Waals surface area contributed by atoms with E-state index in [1.165, 1.54) is 28.8 Å². The van der Waals surface area contributed by atoms with E-state index >= 15 is 0 Å². The molecule has 2 atom stereocenters. The number of aliphatic carboxylic acids is 1. The summed E-state index contributed by atoms with van der Waals surface area (Å²) < 4.78 is 0. The molecule has 2 aliphatic carbocycles. The van der Waals surface area contributed by atoms with Gasteiger partial charge in [-0.05, 0) is 62.6 Å². The summed E-state index contributed by atoms with van der Waals surface area (Å²) in [6, 6.07) is 6.90. The zero-order chi connectivity index (χ0) is 17.8. The molecule has 1 aromatic carbocycles. The van der Waals surface area contributed by atoms with Gasteiger partial charge in [-0.2, -0.15) is 0 Å². The molecular weight excluding hydrogens is 326 g/mol. The largest absolute Gasteiger partial charge is 0.481 e. The maximum atomic E-state index is 11.3. The number of anilines is 1. The first kappa shape index (κ1) is 15.8. The molecule has 1 aromatic heterocycles. The predicted molar refractivity (Wildman–Crippen MR) is 99.5 cm³/mol. The van der Waals surface area contributed by atoms with Crippen LogP contribution in [0.5, 0.6) is 0 Å². The highest BCUT2D eigenvalue weighted by atomic mass is 16.4. The Balaban J connectivity index is 1.57. The number of aryl methyl sites for hydroxylation is 1. The number of carboxylic acids is 1. The number of rotatable bonds is 3. The van der Waals surface area contributed by atoms with E-state index in [1.807, 2.05) is 0 Å². The Bertz CT molecular complexity index is 908. The van der Waals surface area contributed by atoms with E-state index in [4.69, 9.17) is 9.97 Å². The zero-order valence-corrected chi connectivity index (χ0v) is 15.0. The Kier molecular flexibility index (Phi) is 3.52. The number of nitrogens with zero attached hydrogens (tertiary/aromatic N) is 3. The van der Waals surface area contributed by atoms with Gasteiger partial charge in [0, 0.05) is 29.4 Å². The van der Waals surface area contributed by atoms with Crippen LogP contribution >= 0.6 is 0 Å². The van der Waals surface area contributed by atoms with Crippen LogP contribution in [0, 0.1) is 5.92 Å². The molecule has 1 N–H and O–H groups in total. The molecule has 2 heterocycles. The van der Waals surface area contributed by atoms with E-state index in [0.29, 0.717) is 18.9 Å². The molecule has 0 bridgehead atoms. The van der Waals surface area contributed by atoms with Gasteiger partial charge in [0.1, 0.15) is 0 Å². The quantitative estimate of drug-likeness (QED) is 0.923. The topological polar surface area (TPSA) is 66.3 Å². The molecule has 0 saturated carbocycles. The lowest BCUT2D eigenvalue weighted by Crippen LogP contribution is -2.46. The third-order valence-corrected chi connectivity index (χ3v) is 6.26. The molecule has 1 fully saturated rings. The summed E-state index contributed by atoms with van der Waals surface area (Å²) in [7, 11) is 0. The van der Waals surface area contributed by atoms with Crippen LogP contribution in [-0.2, 0) is 30.5 Å². The van der Waals surface area contributed by atoms with Gasteiger partial charge in [0.05, 0.1) is 11.6 Å². The molecule has 0 spiro atoms. The molecule has 3 aliphatic rings. The molecule has 134 valence electrons. The molecule has 5 heteroatoms. The summed E-state index contributed by atoms with van der Waals surface area (Å²) in [5.74, 6) is -0.114. The minimum Gasteiger partial charge on any atom is -0.481 e. The third kappa shape index (κ3) is 2.41. The SMILES string of the molecule is C[C@H]1CCN1c1nc2c(c(-c3ccc4c(c3)CC(C(=O)O)C4)n1)CCC2. The standard InChI is InChI=1S/C21H23N3O2/c1-12-7-8-24(12)21-22-18-4-2-3-17(18)19(23-21)14-6-5-13-9-16(20(25)26)11-15(13)10-14/h5-6,10,12,16H,2-4,7-9,11H2,1H3,(H,25,26)/t12-,16?/m0/s1. The third-order valence-electron chi connectivity index (χ3n) is 6.26. The van der Waals surface area contributed by atoms with Crippen LogP contribution < -0.4 is 4.90 Å². The number of carbonyl (C=O) groups is 1. The average Bonchev–Trinajstić information content (AvgIpc) is 3.25. The first-order valence-electron chi connectivity index (χ1n) is 9.61. The molecule has 26 heavy (non-hydrogen) atoms. The summed E-state index contributed by atoms with van der Waals surface area (Å²) in [5.41, 5.74) is 7.00. The maximum absolute atomic E-state index is 11.3. The number of carboxylic acid groups (broad SMARTS) is 1. The zero-order valence-electron chi connectivity index (χ0n) is 15.0. The van der Waals surface area contributed by atoms with E-state index < -0.39 is 5.97 Å². The van der Waals surface area contributed by atoms with Crippen LogP contribution in [0.25, 0.3) is 11.3 Å². The second-order valence-corrected chi connectivity index (χ2v) is 7.91. The second-order valence-electron chi connectivity index (χ2n) is 7.91. The Morgan fingerprint density at radius 3 is 2.77 bits per heavy atom. The van der Waals surface area contributed by atoms with Gasteiger partial charge < -0.3 is 10.0 Å². The second kappa shape index (κ2) is 5.79. The molecule has 0 amide bonds. The smallest absolute Gasteiger partial charge is 0.307 e. The average molecular weight is 349 g/mol. The van der Waals surface area contributed by atoms with Gasteiger partial charge in [0.15, 0.2) is 0 Å². The molecule has 1 unspecified atom stereocenters. The number of aromatic nitrogens is 2. The minimum absolute atomic E-state index is 0.283. The summed E-state index contributed by atoms with van der Waals surface area (Å²) in [5, 5.41) is 9.33. The first-order chi connectivity index (χ1) is 12.6. The van der Waals surface area contributed by atoms with Crippen LogP contribution in [0.3, 0.4) is 0 Å². The number of benzene rings is 1. The van der Waals surface area contributed by atoms with Gasteiger partial charge in [-0.3, -0.25) is 4.79 Å². The summed E-state index contributed by atoms with van der Waals surface area (Å²) in [4.78, 5) is 23.5. The van der Waals surface area contributed by atoms with Crippen molar-refractivity contribution in [1.29, 1.82) is 0 Å². The normalized spacial score (nSPS) is 23.5. The Morgan fingerprint density at radius 2 is 2.04 bits per heavy atom. The van der Waals surface area contributed by atoms with Crippen molar-refractivity contribution >= 4 is 11.9 Å². The predicted octanol–water partition coefficient (Wildman–Crippen LogP) is 3.03. The molecule has 5 nitrogen and oxygen atoms in total. The lowest BCUT2D eigenvalue weighted by Gasteiger charge is -2.39. The van der Waals surface area contributed by atoms with E-state index in [9.17, 15) is 9.90 Å². The Morgan fingerprint density at radius 1 is 1.19 bits per heavy atom. The summed E-state index contributed by atoms with van der Waals surface area (Å²) >= 11 is 0. The van der Waals surface area contributed by atoms with Crippen molar-refractivity contribution in [2.24, 2.45) is 5.92 Å². The highest BCUT2D eigenvalue weighted by Crippen LogP contribution is 2.36. The molecule has 5 rings (SSSR count). The van der Waals surface area contributed by atoms with Crippen molar-refractivity contribution in [3.05, 3.63) is 40.6 Å². The van der Waals surface area contributed by atoms with E-state index in [2.05, 4.69) is 30.0 Å². The van der Waals surface area contributed by atoms with E-state index in [-0.39, 0.29) is 5.92 Å². The van der Waals surface area contributed by atoms with Crippen LogP contribution in [0.4, 0.5) is 5.95 Å². The Hall–Kier alpha value is -2.43. The number of hydrogen-bond donors (Lipinski definition) is 1. The highest BCUT2D eigenvalue weighted by Gasteiger charge is 2.30. The van der Waals surface area contributed by atoms with Crippen molar-refractivity contribution in [2.75, 3.05) is 11.4 Å². The van der Waals surface area contributed by atoms with Gasteiger partial charge in [0.2, 0.25) is 5.95 Å². The molecule has 2 aromatic rings. The number of fused-ring (bicyclic) bond motifs is 2. The van der Waals surface area contributed by atoms with Crippen molar-refractivity contribution in [2.45, 2.75) is 51.5 Å². The molecule has 1 saturated heterocycles. The molecular formula is C21H23N3O2. The van der Waals surface area contributed by atoms with Gasteiger partial charge in [-0.25, -0.2) is 9.97 Å². The fourth-order valence-electron chi connectivity index (χ4n) is 4.54. The fourth-order valence-corrected chi connectivity index (χ4v) is 4.54. The van der Waals surface area contributed by atoms with E-state index in [1.54, 1.807) is 0 Å². The molecule has 0 radical (unpaired) electrons. The lowest BCUT2D eigenvalue weighted by atomic mass is 10.0. The minimum atomic E-state index is -0.695. The highest BCUT2D eigenvalue weighted by molar-refractivity contribution is 5.74. The number of hydrogen-bond acceptors (Lipinski definition) is 4.